The molecule has 2 nitrogen and oxygen atoms in total. The van der Waals surface area contributed by atoms with Crippen LogP contribution < -0.4 is 5.73 Å². The zero-order valence-electron chi connectivity index (χ0n) is 10.1. The van der Waals surface area contributed by atoms with Crippen LogP contribution in [0, 0.1) is 11.8 Å². The molecule has 0 saturated heterocycles. The second-order valence-electron chi connectivity index (χ2n) is 5.73. The van der Waals surface area contributed by atoms with Gasteiger partial charge in [-0.2, -0.15) is 0 Å². The van der Waals surface area contributed by atoms with E-state index in [2.05, 4.69) is 11.9 Å². The first-order chi connectivity index (χ1) is 7.25. The van der Waals surface area contributed by atoms with Crippen molar-refractivity contribution in [3.05, 3.63) is 0 Å². The van der Waals surface area contributed by atoms with Gasteiger partial charge in [-0.3, -0.25) is 0 Å². The molecule has 0 heterocycles. The van der Waals surface area contributed by atoms with Crippen LogP contribution in [-0.2, 0) is 0 Å². The van der Waals surface area contributed by atoms with E-state index in [9.17, 15) is 0 Å². The van der Waals surface area contributed by atoms with Crippen LogP contribution >= 0.6 is 0 Å². The average Bonchev–Trinajstić information content (AvgIpc) is 2.16. The first-order valence-electron chi connectivity index (χ1n) is 6.70. The maximum atomic E-state index is 6.18. The number of nitrogens with two attached hydrogens (primary N) is 1. The summed E-state index contributed by atoms with van der Waals surface area (Å²) in [4.78, 5) is 2.53. The SMILES string of the molecule is CN(CC1CCC1)CC1CCCCC1N. The molecule has 0 aromatic rings. The van der Waals surface area contributed by atoms with Gasteiger partial charge < -0.3 is 10.6 Å². The lowest BCUT2D eigenvalue weighted by atomic mass is 9.83. The lowest BCUT2D eigenvalue weighted by Crippen LogP contribution is -2.41. The molecule has 2 atom stereocenters. The highest BCUT2D eigenvalue weighted by atomic mass is 15.1. The zero-order chi connectivity index (χ0) is 10.7. The van der Waals surface area contributed by atoms with Crippen molar-refractivity contribution < 1.29 is 0 Å². The first kappa shape index (κ1) is 11.4. The van der Waals surface area contributed by atoms with Gasteiger partial charge in [-0.15, -0.1) is 0 Å². The van der Waals surface area contributed by atoms with Crippen molar-refractivity contribution in [1.82, 2.24) is 4.90 Å². The quantitative estimate of drug-likeness (QED) is 0.771. The summed E-state index contributed by atoms with van der Waals surface area (Å²) >= 11 is 0. The fourth-order valence-electron chi connectivity index (χ4n) is 3.05. The minimum atomic E-state index is 0.475. The standard InChI is InChI=1S/C13H26N2/c1-15(9-11-5-4-6-11)10-12-7-2-3-8-13(12)14/h11-13H,2-10,14H2,1H3. The van der Waals surface area contributed by atoms with Crippen molar-refractivity contribution in [2.24, 2.45) is 17.6 Å². The van der Waals surface area contributed by atoms with Crippen LogP contribution in [0.3, 0.4) is 0 Å². The van der Waals surface area contributed by atoms with Gasteiger partial charge in [0, 0.05) is 19.1 Å². The topological polar surface area (TPSA) is 29.3 Å². The minimum Gasteiger partial charge on any atom is -0.327 e. The van der Waals surface area contributed by atoms with Crippen molar-refractivity contribution in [3.8, 4) is 0 Å². The summed E-state index contributed by atoms with van der Waals surface area (Å²) in [5.41, 5.74) is 6.18. The Kier molecular flexibility index (Phi) is 4.04. The third kappa shape index (κ3) is 3.18. The molecular formula is C13H26N2. The molecule has 0 spiro atoms. The summed E-state index contributed by atoms with van der Waals surface area (Å²) < 4.78 is 0. The smallest absolute Gasteiger partial charge is 0.00793 e. The van der Waals surface area contributed by atoms with Crippen molar-refractivity contribution in [2.75, 3.05) is 20.1 Å². The van der Waals surface area contributed by atoms with Gasteiger partial charge in [-0.25, -0.2) is 0 Å². The van der Waals surface area contributed by atoms with E-state index >= 15 is 0 Å². The third-order valence-electron chi connectivity index (χ3n) is 4.31. The highest BCUT2D eigenvalue weighted by molar-refractivity contribution is 4.81. The predicted octanol–water partition coefficient (Wildman–Crippen LogP) is 2.24. The van der Waals surface area contributed by atoms with E-state index in [0.717, 1.165) is 11.8 Å². The minimum absolute atomic E-state index is 0.475. The van der Waals surface area contributed by atoms with Crippen LogP contribution in [-0.4, -0.2) is 31.1 Å². The van der Waals surface area contributed by atoms with Gasteiger partial charge in [-0.1, -0.05) is 19.3 Å². The Labute approximate surface area is 94.2 Å². The molecule has 0 aromatic heterocycles. The van der Waals surface area contributed by atoms with Crippen LogP contribution in [0.15, 0.2) is 0 Å². The molecule has 2 aliphatic rings. The van der Waals surface area contributed by atoms with Crippen molar-refractivity contribution >= 4 is 0 Å². The maximum Gasteiger partial charge on any atom is 0.00793 e. The fraction of sp³-hybridized carbons (Fsp3) is 1.00. The summed E-state index contributed by atoms with van der Waals surface area (Å²) in [6.07, 6.45) is 9.74. The molecule has 0 aromatic carbocycles. The zero-order valence-corrected chi connectivity index (χ0v) is 10.1. The van der Waals surface area contributed by atoms with E-state index < -0.39 is 0 Å². The van der Waals surface area contributed by atoms with E-state index in [4.69, 9.17) is 5.73 Å². The van der Waals surface area contributed by atoms with Gasteiger partial charge in [0.2, 0.25) is 0 Å². The lowest BCUT2D eigenvalue weighted by molar-refractivity contribution is 0.160. The van der Waals surface area contributed by atoms with Crippen LogP contribution in [0.4, 0.5) is 0 Å². The number of hydrogen-bond acceptors (Lipinski definition) is 2. The molecule has 2 rings (SSSR count). The predicted molar refractivity (Wildman–Crippen MR) is 64.8 cm³/mol. The van der Waals surface area contributed by atoms with Crippen LogP contribution in [0.2, 0.25) is 0 Å². The van der Waals surface area contributed by atoms with Gasteiger partial charge >= 0.3 is 0 Å². The molecule has 15 heavy (non-hydrogen) atoms. The number of hydrogen-bond donors (Lipinski definition) is 1. The molecule has 2 heteroatoms. The molecule has 0 amide bonds. The molecular weight excluding hydrogens is 184 g/mol. The Bertz CT molecular complexity index is 189. The van der Waals surface area contributed by atoms with Gasteiger partial charge in [0.1, 0.15) is 0 Å². The lowest BCUT2D eigenvalue weighted by Gasteiger charge is -2.35. The molecule has 2 N–H and O–H groups in total. The third-order valence-corrected chi connectivity index (χ3v) is 4.31. The Morgan fingerprint density at radius 3 is 2.33 bits per heavy atom. The second-order valence-corrected chi connectivity index (χ2v) is 5.73. The summed E-state index contributed by atoms with van der Waals surface area (Å²) in [7, 11) is 2.28. The van der Waals surface area contributed by atoms with E-state index in [0.29, 0.717) is 6.04 Å². The van der Waals surface area contributed by atoms with Gasteiger partial charge in [0.25, 0.3) is 0 Å². The highest BCUT2D eigenvalue weighted by Gasteiger charge is 2.25. The summed E-state index contributed by atoms with van der Waals surface area (Å²) in [6, 6.07) is 0.475. The molecule has 0 aliphatic heterocycles. The van der Waals surface area contributed by atoms with Crippen molar-refractivity contribution in [1.29, 1.82) is 0 Å². The molecule has 2 unspecified atom stereocenters. The Morgan fingerprint density at radius 2 is 1.73 bits per heavy atom. The van der Waals surface area contributed by atoms with E-state index in [1.807, 2.05) is 0 Å². The second kappa shape index (κ2) is 5.31. The molecule has 0 radical (unpaired) electrons. The molecule has 2 aliphatic carbocycles. The van der Waals surface area contributed by atoms with Crippen LogP contribution in [0.5, 0.6) is 0 Å². The molecule has 0 bridgehead atoms. The van der Waals surface area contributed by atoms with Gasteiger partial charge in [0.15, 0.2) is 0 Å². The largest absolute Gasteiger partial charge is 0.327 e. The number of rotatable bonds is 4. The normalized spacial score (nSPS) is 33.0. The first-order valence-corrected chi connectivity index (χ1v) is 6.70. The monoisotopic (exact) mass is 210 g/mol. The molecule has 88 valence electrons. The summed E-state index contributed by atoms with van der Waals surface area (Å²) in [5.74, 6) is 1.76. The average molecular weight is 210 g/mol. The summed E-state index contributed by atoms with van der Waals surface area (Å²) in [5, 5.41) is 0. The Hall–Kier alpha value is -0.0800. The highest BCUT2D eigenvalue weighted by Crippen LogP contribution is 2.28. The molecule has 2 fully saturated rings. The van der Waals surface area contributed by atoms with Crippen molar-refractivity contribution in [2.45, 2.75) is 51.0 Å². The van der Waals surface area contributed by atoms with Crippen LogP contribution in [0.1, 0.15) is 44.9 Å². The molecule has 2 saturated carbocycles. The van der Waals surface area contributed by atoms with E-state index in [-0.39, 0.29) is 0 Å². The fourth-order valence-corrected chi connectivity index (χ4v) is 3.05. The van der Waals surface area contributed by atoms with Crippen LogP contribution in [0.25, 0.3) is 0 Å². The van der Waals surface area contributed by atoms with E-state index in [1.54, 1.807) is 0 Å². The van der Waals surface area contributed by atoms with E-state index in [1.165, 1.54) is 58.0 Å². The number of nitrogens with zero attached hydrogens (tertiary/aromatic N) is 1. The summed E-state index contributed by atoms with van der Waals surface area (Å²) in [6.45, 7) is 2.54. The van der Waals surface area contributed by atoms with Crippen molar-refractivity contribution in [3.63, 3.8) is 0 Å². The Morgan fingerprint density at radius 1 is 1.00 bits per heavy atom. The maximum absolute atomic E-state index is 6.18. The van der Waals surface area contributed by atoms with Gasteiger partial charge in [-0.05, 0) is 44.6 Å². The van der Waals surface area contributed by atoms with Gasteiger partial charge in [0.05, 0.1) is 0 Å². The Balaban J connectivity index is 1.69.